The van der Waals surface area contributed by atoms with Crippen molar-refractivity contribution in [3.8, 4) is 23.0 Å². The molecule has 6 nitrogen and oxygen atoms in total. The minimum Gasteiger partial charge on any atom is -0.497 e. The molecule has 3 aromatic carbocycles. The van der Waals surface area contributed by atoms with Gasteiger partial charge in [-0.3, -0.25) is 4.79 Å². The molecule has 0 unspecified atom stereocenters. The molecule has 0 spiro atoms. The van der Waals surface area contributed by atoms with Gasteiger partial charge in [-0.25, -0.2) is 5.43 Å². The zero-order valence-electron chi connectivity index (χ0n) is 16.1. The van der Waals surface area contributed by atoms with E-state index in [-0.39, 0.29) is 5.91 Å². The SMILES string of the molecule is COc1ccc(/C=N\NC(=O)C2c3ccccc3Oc3ccccc32)c(OC)c1. The molecule has 6 heteroatoms. The van der Waals surface area contributed by atoms with Crippen molar-refractivity contribution in [2.45, 2.75) is 5.92 Å². The lowest BCUT2D eigenvalue weighted by molar-refractivity contribution is -0.121. The molecule has 0 saturated carbocycles. The molecule has 4 rings (SSSR count). The Kier molecular flexibility index (Phi) is 5.16. The minimum atomic E-state index is -0.508. The van der Waals surface area contributed by atoms with Gasteiger partial charge < -0.3 is 14.2 Å². The first kappa shape index (κ1) is 18.6. The first-order chi connectivity index (χ1) is 14.2. The third-order valence-corrected chi connectivity index (χ3v) is 4.76. The van der Waals surface area contributed by atoms with Crippen molar-refractivity contribution in [1.29, 1.82) is 0 Å². The van der Waals surface area contributed by atoms with Gasteiger partial charge in [0.2, 0.25) is 0 Å². The van der Waals surface area contributed by atoms with Crippen molar-refractivity contribution in [2.75, 3.05) is 14.2 Å². The van der Waals surface area contributed by atoms with Gasteiger partial charge in [0.15, 0.2) is 0 Å². The summed E-state index contributed by atoms with van der Waals surface area (Å²) in [4.78, 5) is 13.0. The Morgan fingerprint density at radius 2 is 1.62 bits per heavy atom. The molecule has 1 aliphatic heterocycles. The number of carbonyl (C=O) groups is 1. The van der Waals surface area contributed by atoms with Crippen molar-refractivity contribution in [1.82, 2.24) is 5.43 Å². The predicted molar refractivity (Wildman–Crippen MR) is 110 cm³/mol. The highest BCUT2D eigenvalue weighted by atomic mass is 16.5. The summed E-state index contributed by atoms with van der Waals surface area (Å²) in [6, 6.07) is 20.4. The van der Waals surface area contributed by atoms with Gasteiger partial charge in [-0.05, 0) is 24.3 Å². The van der Waals surface area contributed by atoms with Gasteiger partial charge in [0.25, 0.3) is 5.91 Å². The zero-order valence-corrected chi connectivity index (χ0v) is 16.1. The number of benzene rings is 3. The fraction of sp³-hybridized carbons (Fsp3) is 0.130. The number of nitrogens with zero attached hydrogens (tertiary/aromatic N) is 1. The van der Waals surface area contributed by atoms with E-state index in [1.807, 2.05) is 54.6 Å². The van der Waals surface area contributed by atoms with Crippen LogP contribution in [0.1, 0.15) is 22.6 Å². The summed E-state index contributed by atoms with van der Waals surface area (Å²) in [5, 5.41) is 4.14. The Morgan fingerprint density at radius 3 is 2.24 bits per heavy atom. The van der Waals surface area contributed by atoms with Crippen LogP contribution in [0.2, 0.25) is 0 Å². The lowest BCUT2D eigenvalue weighted by Crippen LogP contribution is -2.28. The van der Waals surface area contributed by atoms with Gasteiger partial charge in [0, 0.05) is 22.8 Å². The summed E-state index contributed by atoms with van der Waals surface area (Å²) < 4.78 is 16.5. The standard InChI is InChI=1S/C23H20N2O4/c1-27-16-12-11-15(21(13-16)28-2)14-24-25-23(26)22-17-7-3-5-9-19(17)29-20-10-6-4-8-18(20)22/h3-14,22H,1-2H3,(H,25,26)/b24-14-. The van der Waals surface area contributed by atoms with Crippen molar-refractivity contribution in [2.24, 2.45) is 5.10 Å². The van der Waals surface area contributed by atoms with Gasteiger partial charge >= 0.3 is 0 Å². The van der Waals surface area contributed by atoms with Gasteiger partial charge in [0.05, 0.1) is 26.4 Å². The Labute approximate surface area is 168 Å². The smallest absolute Gasteiger partial charge is 0.252 e. The Bertz CT molecular complexity index is 1030. The van der Waals surface area contributed by atoms with Gasteiger partial charge in [0.1, 0.15) is 23.0 Å². The largest absolute Gasteiger partial charge is 0.497 e. The molecule has 29 heavy (non-hydrogen) atoms. The van der Waals surface area contributed by atoms with E-state index in [9.17, 15) is 4.79 Å². The number of nitrogens with one attached hydrogen (secondary N) is 1. The zero-order chi connectivity index (χ0) is 20.2. The summed E-state index contributed by atoms with van der Waals surface area (Å²) in [5.74, 6) is 1.88. The molecule has 0 radical (unpaired) electrons. The van der Waals surface area contributed by atoms with Crippen molar-refractivity contribution < 1.29 is 19.0 Å². The highest BCUT2D eigenvalue weighted by Crippen LogP contribution is 2.43. The lowest BCUT2D eigenvalue weighted by Gasteiger charge is -2.26. The van der Waals surface area contributed by atoms with E-state index in [1.54, 1.807) is 32.6 Å². The molecular formula is C23H20N2O4. The topological polar surface area (TPSA) is 69.2 Å². The number of methoxy groups -OCH3 is 2. The molecule has 3 aromatic rings. The van der Waals surface area contributed by atoms with E-state index in [2.05, 4.69) is 10.5 Å². The number of amides is 1. The average Bonchev–Trinajstić information content (AvgIpc) is 2.77. The van der Waals surface area contributed by atoms with Gasteiger partial charge in [-0.15, -0.1) is 0 Å². The monoisotopic (exact) mass is 388 g/mol. The van der Waals surface area contributed by atoms with Crippen molar-refractivity contribution in [3.63, 3.8) is 0 Å². The molecule has 146 valence electrons. The molecule has 1 heterocycles. The number of ether oxygens (including phenoxy) is 3. The molecule has 1 N–H and O–H groups in total. The van der Waals surface area contributed by atoms with Crippen LogP contribution in [0.25, 0.3) is 0 Å². The molecule has 1 amide bonds. The second kappa shape index (κ2) is 8.06. The molecular weight excluding hydrogens is 368 g/mol. The third-order valence-electron chi connectivity index (χ3n) is 4.76. The van der Waals surface area contributed by atoms with E-state index in [1.165, 1.54) is 0 Å². The number of carbonyl (C=O) groups excluding carboxylic acids is 1. The number of rotatable bonds is 5. The van der Waals surface area contributed by atoms with E-state index < -0.39 is 5.92 Å². The van der Waals surface area contributed by atoms with Crippen LogP contribution in [0.15, 0.2) is 71.8 Å². The Morgan fingerprint density at radius 1 is 0.966 bits per heavy atom. The van der Waals surface area contributed by atoms with Crippen molar-refractivity contribution >= 4 is 12.1 Å². The second-order valence-electron chi connectivity index (χ2n) is 6.45. The minimum absolute atomic E-state index is 0.239. The number of hydrazone groups is 1. The first-order valence-corrected chi connectivity index (χ1v) is 9.12. The van der Waals surface area contributed by atoms with Crippen LogP contribution in [0, 0.1) is 0 Å². The normalized spacial score (nSPS) is 12.6. The van der Waals surface area contributed by atoms with Gasteiger partial charge in [-0.2, -0.15) is 5.10 Å². The van der Waals surface area contributed by atoms with E-state index in [0.717, 1.165) is 16.7 Å². The first-order valence-electron chi connectivity index (χ1n) is 9.12. The average molecular weight is 388 g/mol. The van der Waals surface area contributed by atoms with Crippen LogP contribution in [0.4, 0.5) is 0 Å². The summed E-state index contributed by atoms with van der Waals surface area (Å²) >= 11 is 0. The number of para-hydroxylation sites is 2. The molecule has 0 saturated heterocycles. The fourth-order valence-corrected chi connectivity index (χ4v) is 3.35. The van der Waals surface area contributed by atoms with E-state index in [4.69, 9.17) is 14.2 Å². The van der Waals surface area contributed by atoms with Crippen molar-refractivity contribution in [3.05, 3.63) is 83.4 Å². The van der Waals surface area contributed by atoms with E-state index in [0.29, 0.717) is 23.0 Å². The lowest BCUT2D eigenvalue weighted by atomic mass is 9.87. The maximum atomic E-state index is 13.0. The highest BCUT2D eigenvalue weighted by molar-refractivity contribution is 5.91. The molecule has 0 atom stereocenters. The van der Waals surface area contributed by atoms with Crippen LogP contribution < -0.4 is 19.6 Å². The van der Waals surface area contributed by atoms with Crippen LogP contribution in [-0.2, 0) is 4.79 Å². The highest BCUT2D eigenvalue weighted by Gasteiger charge is 2.32. The van der Waals surface area contributed by atoms with Crippen LogP contribution in [0.3, 0.4) is 0 Å². The fourth-order valence-electron chi connectivity index (χ4n) is 3.35. The molecule has 1 aliphatic rings. The summed E-state index contributed by atoms with van der Waals surface area (Å²) in [7, 11) is 3.16. The van der Waals surface area contributed by atoms with Crippen LogP contribution >= 0.6 is 0 Å². The Hall–Kier alpha value is -3.80. The summed E-state index contributed by atoms with van der Waals surface area (Å²) in [6.45, 7) is 0. The number of fused-ring (bicyclic) bond motifs is 2. The Balaban J connectivity index is 1.59. The molecule has 0 fully saturated rings. The molecule has 0 aromatic heterocycles. The van der Waals surface area contributed by atoms with Crippen LogP contribution in [0.5, 0.6) is 23.0 Å². The third kappa shape index (κ3) is 3.65. The maximum Gasteiger partial charge on any atom is 0.252 e. The molecule has 0 aliphatic carbocycles. The second-order valence-corrected chi connectivity index (χ2v) is 6.45. The van der Waals surface area contributed by atoms with Crippen LogP contribution in [-0.4, -0.2) is 26.3 Å². The molecule has 0 bridgehead atoms. The number of hydrogen-bond acceptors (Lipinski definition) is 5. The maximum absolute atomic E-state index is 13.0. The summed E-state index contributed by atoms with van der Waals surface area (Å²) in [5.41, 5.74) is 4.99. The van der Waals surface area contributed by atoms with E-state index >= 15 is 0 Å². The predicted octanol–water partition coefficient (Wildman–Crippen LogP) is 4.09. The summed E-state index contributed by atoms with van der Waals surface area (Å²) in [6.07, 6.45) is 1.55. The number of hydrogen-bond donors (Lipinski definition) is 1. The van der Waals surface area contributed by atoms with Gasteiger partial charge in [-0.1, -0.05) is 36.4 Å². The quantitative estimate of drug-likeness (QED) is 0.528.